The first-order valence-electron chi connectivity index (χ1n) is 10.8. The second-order valence-corrected chi connectivity index (χ2v) is 12.9. The van der Waals surface area contributed by atoms with E-state index in [1.54, 1.807) is 0 Å². The third-order valence-corrected chi connectivity index (χ3v) is 6.14. The fraction of sp³-hybridized carbons (Fsp3) is 0.500. The lowest BCUT2D eigenvalue weighted by molar-refractivity contribution is 0.0638. The summed E-state index contributed by atoms with van der Waals surface area (Å²) in [6.45, 7) is 13.2. The molecule has 1 aliphatic heterocycles. The SMILES string of the molecule is CCOc1ccc(C(O[Si](C)(C)C)(c2ccc(OCC)cc2)[C@@H]2CCCN2)cc1. The maximum Gasteiger partial charge on any atom is 0.185 e. The molecule has 0 amide bonds. The molecular formula is C24H35NO3Si. The predicted molar refractivity (Wildman–Crippen MR) is 121 cm³/mol. The van der Waals surface area contributed by atoms with Gasteiger partial charge in [-0.05, 0) is 88.3 Å². The van der Waals surface area contributed by atoms with Gasteiger partial charge in [-0.15, -0.1) is 0 Å². The fourth-order valence-electron chi connectivity index (χ4n) is 4.20. The molecule has 0 saturated carbocycles. The molecule has 158 valence electrons. The Kier molecular flexibility index (Phi) is 7.04. The van der Waals surface area contributed by atoms with Gasteiger partial charge in [-0.3, -0.25) is 0 Å². The molecule has 1 aliphatic rings. The van der Waals surface area contributed by atoms with Gasteiger partial charge < -0.3 is 19.2 Å². The summed E-state index contributed by atoms with van der Waals surface area (Å²) in [5.41, 5.74) is 1.81. The van der Waals surface area contributed by atoms with Crippen molar-refractivity contribution in [3.8, 4) is 11.5 Å². The molecule has 4 nitrogen and oxygen atoms in total. The van der Waals surface area contributed by atoms with E-state index in [0.29, 0.717) is 13.2 Å². The number of benzene rings is 2. The van der Waals surface area contributed by atoms with Crippen molar-refractivity contribution >= 4 is 8.32 Å². The molecule has 1 saturated heterocycles. The number of hydrogen-bond acceptors (Lipinski definition) is 4. The molecule has 0 radical (unpaired) electrons. The van der Waals surface area contributed by atoms with Crippen LogP contribution in [0.5, 0.6) is 11.5 Å². The summed E-state index contributed by atoms with van der Waals surface area (Å²) < 4.78 is 18.4. The zero-order chi connectivity index (χ0) is 20.9. The van der Waals surface area contributed by atoms with E-state index in [2.05, 4.69) is 73.5 Å². The highest BCUT2D eigenvalue weighted by Gasteiger charge is 2.47. The molecule has 0 spiro atoms. The lowest BCUT2D eigenvalue weighted by atomic mass is 9.79. The molecule has 2 aromatic rings. The van der Waals surface area contributed by atoms with Crippen molar-refractivity contribution < 1.29 is 13.9 Å². The highest BCUT2D eigenvalue weighted by molar-refractivity contribution is 6.69. The van der Waals surface area contributed by atoms with Crippen molar-refractivity contribution in [2.75, 3.05) is 19.8 Å². The van der Waals surface area contributed by atoms with E-state index in [9.17, 15) is 0 Å². The molecule has 29 heavy (non-hydrogen) atoms. The lowest BCUT2D eigenvalue weighted by Crippen LogP contribution is -2.53. The summed E-state index contributed by atoms with van der Waals surface area (Å²) in [7, 11) is -1.89. The second-order valence-electron chi connectivity index (χ2n) is 8.51. The van der Waals surface area contributed by atoms with Gasteiger partial charge >= 0.3 is 0 Å². The maximum atomic E-state index is 7.08. The quantitative estimate of drug-likeness (QED) is 0.564. The summed E-state index contributed by atoms with van der Waals surface area (Å²) >= 11 is 0. The Balaban J connectivity index is 2.13. The monoisotopic (exact) mass is 413 g/mol. The van der Waals surface area contributed by atoms with Crippen molar-refractivity contribution in [2.45, 2.75) is 58.0 Å². The average molecular weight is 414 g/mol. The Bertz CT molecular complexity index is 713. The van der Waals surface area contributed by atoms with Crippen molar-refractivity contribution in [3.63, 3.8) is 0 Å². The minimum Gasteiger partial charge on any atom is -0.494 e. The first-order valence-corrected chi connectivity index (χ1v) is 14.2. The molecule has 2 aromatic carbocycles. The van der Waals surface area contributed by atoms with Crippen LogP contribution < -0.4 is 14.8 Å². The van der Waals surface area contributed by atoms with Crippen LogP contribution in [-0.4, -0.2) is 34.1 Å². The van der Waals surface area contributed by atoms with Crippen molar-refractivity contribution in [1.29, 1.82) is 0 Å². The number of hydrogen-bond donors (Lipinski definition) is 1. The van der Waals surface area contributed by atoms with Crippen LogP contribution in [0.4, 0.5) is 0 Å². The summed E-state index contributed by atoms with van der Waals surface area (Å²) in [6, 6.07) is 17.1. The van der Waals surface area contributed by atoms with Crippen molar-refractivity contribution in [2.24, 2.45) is 0 Å². The highest BCUT2D eigenvalue weighted by atomic mass is 28.4. The number of rotatable bonds is 9. The Hall–Kier alpha value is -1.82. The van der Waals surface area contributed by atoms with Crippen LogP contribution in [0.2, 0.25) is 19.6 Å². The van der Waals surface area contributed by atoms with Crippen LogP contribution >= 0.6 is 0 Å². The van der Waals surface area contributed by atoms with E-state index in [1.807, 2.05) is 13.8 Å². The second kappa shape index (κ2) is 9.33. The highest BCUT2D eigenvalue weighted by Crippen LogP contribution is 2.43. The third-order valence-electron chi connectivity index (χ3n) is 5.21. The average Bonchev–Trinajstić information content (AvgIpc) is 3.22. The standard InChI is InChI=1S/C24H35NO3Si/c1-6-26-21-14-10-19(11-15-21)24(28-29(3,4)5,23-9-8-18-25-23)20-12-16-22(17-13-20)27-7-2/h10-17,23,25H,6-9,18H2,1-5H3/t23-/m0/s1. The molecule has 1 N–H and O–H groups in total. The summed E-state index contributed by atoms with van der Waals surface area (Å²) in [6.07, 6.45) is 2.25. The van der Waals surface area contributed by atoms with Gasteiger partial charge in [-0.2, -0.15) is 0 Å². The third kappa shape index (κ3) is 5.03. The van der Waals surface area contributed by atoms with Gasteiger partial charge in [-0.25, -0.2) is 0 Å². The van der Waals surface area contributed by atoms with E-state index in [0.717, 1.165) is 30.9 Å². The van der Waals surface area contributed by atoms with Gasteiger partial charge in [0.25, 0.3) is 0 Å². The molecule has 0 aromatic heterocycles. The first-order chi connectivity index (χ1) is 13.9. The summed E-state index contributed by atoms with van der Waals surface area (Å²) in [5.74, 6) is 1.79. The molecule has 0 unspecified atom stereocenters. The van der Waals surface area contributed by atoms with Gasteiger partial charge in [0, 0.05) is 6.04 Å². The van der Waals surface area contributed by atoms with Gasteiger partial charge in [0.2, 0.25) is 0 Å². The Morgan fingerprint density at radius 1 is 0.862 bits per heavy atom. The van der Waals surface area contributed by atoms with Gasteiger partial charge in [0.05, 0.1) is 13.2 Å². The van der Waals surface area contributed by atoms with Gasteiger partial charge in [0.1, 0.15) is 17.1 Å². The van der Waals surface area contributed by atoms with Crippen LogP contribution in [-0.2, 0) is 10.0 Å². The maximum absolute atomic E-state index is 7.08. The van der Waals surface area contributed by atoms with E-state index in [4.69, 9.17) is 13.9 Å². The van der Waals surface area contributed by atoms with Crippen LogP contribution in [0.1, 0.15) is 37.8 Å². The van der Waals surface area contributed by atoms with Crippen LogP contribution in [0.3, 0.4) is 0 Å². The predicted octanol–water partition coefficient (Wildman–Crippen LogP) is 5.33. The Labute approximate surface area is 176 Å². The van der Waals surface area contributed by atoms with E-state index in [1.165, 1.54) is 11.1 Å². The molecule has 0 bridgehead atoms. The Morgan fingerprint density at radius 3 is 1.69 bits per heavy atom. The first kappa shape index (κ1) is 21.9. The number of ether oxygens (including phenoxy) is 2. The van der Waals surface area contributed by atoms with E-state index in [-0.39, 0.29) is 6.04 Å². The van der Waals surface area contributed by atoms with Crippen molar-refractivity contribution in [3.05, 3.63) is 59.7 Å². The molecule has 5 heteroatoms. The fourth-order valence-corrected chi connectivity index (χ4v) is 5.55. The molecule has 1 heterocycles. The van der Waals surface area contributed by atoms with E-state index >= 15 is 0 Å². The minimum atomic E-state index is -1.89. The van der Waals surface area contributed by atoms with Crippen LogP contribution in [0.15, 0.2) is 48.5 Å². The largest absolute Gasteiger partial charge is 0.494 e. The summed E-state index contributed by atoms with van der Waals surface area (Å²) in [4.78, 5) is 0. The smallest absolute Gasteiger partial charge is 0.185 e. The van der Waals surface area contributed by atoms with Crippen molar-refractivity contribution in [1.82, 2.24) is 5.32 Å². The zero-order valence-electron chi connectivity index (χ0n) is 18.5. The normalized spacial score (nSPS) is 17.3. The molecular weight excluding hydrogens is 378 g/mol. The molecule has 3 rings (SSSR count). The minimum absolute atomic E-state index is 0.227. The molecule has 1 fully saturated rings. The lowest BCUT2D eigenvalue weighted by Gasteiger charge is -2.44. The Morgan fingerprint density at radius 2 is 1.34 bits per heavy atom. The molecule has 0 aliphatic carbocycles. The van der Waals surface area contributed by atoms with E-state index < -0.39 is 13.9 Å². The molecule has 1 atom stereocenters. The van der Waals surface area contributed by atoms with Crippen LogP contribution in [0, 0.1) is 0 Å². The van der Waals surface area contributed by atoms with Gasteiger partial charge in [0.15, 0.2) is 8.32 Å². The topological polar surface area (TPSA) is 39.7 Å². The zero-order valence-corrected chi connectivity index (χ0v) is 19.5. The summed E-state index contributed by atoms with van der Waals surface area (Å²) in [5, 5.41) is 3.73. The van der Waals surface area contributed by atoms with Gasteiger partial charge in [-0.1, -0.05) is 24.3 Å². The number of nitrogens with one attached hydrogen (secondary N) is 1. The van der Waals surface area contributed by atoms with Crippen LogP contribution in [0.25, 0.3) is 0 Å².